The molecule has 57 heavy (non-hydrogen) atoms. The molecule has 0 aliphatic heterocycles. The minimum absolute atomic E-state index is 0.325. The van der Waals surface area contributed by atoms with Crippen LogP contribution < -0.4 is 4.90 Å². The van der Waals surface area contributed by atoms with Gasteiger partial charge in [-0.15, -0.1) is 0 Å². The molecule has 0 fully saturated rings. The van der Waals surface area contributed by atoms with Gasteiger partial charge in [-0.05, 0) is 133 Å². The summed E-state index contributed by atoms with van der Waals surface area (Å²) in [5.74, 6) is 0. The zero-order chi connectivity index (χ0) is 37.2. The lowest BCUT2D eigenvalue weighted by Gasteiger charge is -2.30. The Balaban J connectivity index is 0.960. The van der Waals surface area contributed by atoms with Crippen LogP contribution in [0.4, 0.5) is 17.1 Å². The van der Waals surface area contributed by atoms with Crippen LogP contribution in [0.5, 0.6) is 0 Å². The van der Waals surface area contributed by atoms with Gasteiger partial charge < -0.3 is 9.47 Å². The van der Waals surface area contributed by atoms with Crippen molar-refractivity contribution < 1.29 is 0 Å². The topological polar surface area (TPSA) is 8.17 Å². The van der Waals surface area contributed by atoms with E-state index in [1.807, 2.05) is 0 Å². The average Bonchev–Trinajstić information content (AvgIpc) is 3.98. The standard InChI is InChI=1S/C55H34N2/c1-3-13-37(14-4-1)56(39-28-25-35(26-29-39)36-27-32-52-48(33-36)43-18-8-10-24-51(43)57(52)38-15-5-2-6-16-38)40-30-31-42-45-20-12-22-47-46-21-11-19-44-41-17-7-9-23-49(41)55(53(44)46,54(45)47)50(42)34-40/h1-34H. The third-order valence-corrected chi connectivity index (χ3v) is 12.9. The van der Waals surface area contributed by atoms with Crippen molar-refractivity contribution in [1.29, 1.82) is 0 Å². The number of aromatic nitrogens is 1. The van der Waals surface area contributed by atoms with Crippen molar-refractivity contribution in [1.82, 2.24) is 4.57 Å². The molecule has 0 bridgehead atoms. The van der Waals surface area contributed by atoms with Crippen molar-refractivity contribution in [3.63, 3.8) is 0 Å². The van der Waals surface area contributed by atoms with Gasteiger partial charge in [-0.2, -0.15) is 0 Å². The van der Waals surface area contributed by atoms with Crippen molar-refractivity contribution in [3.05, 3.63) is 229 Å². The Morgan fingerprint density at radius 1 is 0.333 bits per heavy atom. The lowest BCUT2D eigenvalue weighted by atomic mass is 9.73. The van der Waals surface area contributed by atoms with Gasteiger partial charge in [-0.1, -0.05) is 140 Å². The normalized spacial score (nSPS) is 15.1. The number of nitrogens with zero attached hydrogens (tertiary/aromatic N) is 2. The Kier molecular flexibility index (Phi) is 6.13. The van der Waals surface area contributed by atoms with E-state index in [0.717, 1.165) is 17.1 Å². The molecule has 0 amide bonds. The van der Waals surface area contributed by atoms with Gasteiger partial charge in [-0.25, -0.2) is 0 Å². The van der Waals surface area contributed by atoms with E-state index in [1.165, 1.54) is 94.3 Å². The van der Waals surface area contributed by atoms with Gasteiger partial charge in [0.15, 0.2) is 0 Å². The molecule has 1 unspecified atom stereocenters. The summed E-state index contributed by atoms with van der Waals surface area (Å²) in [5, 5.41) is 2.52. The van der Waals surface area contributed by atoms with Crippen molar-refractivity contribution in [2.24, 2.45) is 0 Å². The molecule has 13 rings (SSSR count). The molecular weight excluding hydrogens is 689 g/mol. The first kappa shape index (κ1) is 30.9. The maximum absolute atomic E-state index is 2.49. The number of anilines is 3. The monoisotopic (exact) mass is 722 g/mol. The number of rotatable bonds is 5. The second kappa shape index (κ2) is 11.3. The molecule has 0 N–H and O–H groups in total. The number of fused-ring (bicyclic) bond motifs is 8. The second-order valence-corrected chi connectivity index (χ2v) is 15.6. The summed E-state index contributed by atoms with van der Waals surface area (Å²) in [6.07, 6.45) is 0. The minimum Gasteiger partial charge on any atom is -0.310 e. The summed E-state index contributed by atoms with van der Waals surface area (Å²) in [7, 11) is 0. The highest BCUT2D eigenvalue weighted by Gasteiger charge is 2.57. The predicted molar refractivity (Wildman–Crippen MR) is 236 cm³/mol. The zero-order valence-electron chi connectivity index (χ0n) is 31.0. The van der Waals surface area contributed by atoms with E-state index in [2.05, 4.69) is 216 Å². The molecule has 1 atom stereocenters. The van der Waals surface area contributed by atoms with Gasteiger partial charge in [0.1, 0.15) is 0 Å². The highest BCUT2D eigenvalue weighted by atomic mass is 15.1. The first-order valence-corrected chi connectivity index (χ1v) is 19.9. The summed E-state index contributed by atoms with van der Waals surface area (Å²) in [6.45, 7) is 0. The summed E-state index contributed by atoms with van der Waals surface area (Å²) in [5.41, 5.74) is 22.9. The lowest BCUT2D eigenvalue weighted by Crippen LogP contribution is -2.23. The molecule has 1 spiro atoms. The van der Waals surface area contributed by atoms with Crippen LogP contribution in [0.2, 0.25) is 0 Å². The highest BCUT2D eigenvalue weighted by Crippen LogP contribution is 2.70. The van der Waals surface area contributed by atoms with Crippen molar-refractivity contribution in [3.8, 4) is 50.2 Å². The van der Waals surface area contributed by atoms with E-state index in [0.29, 0.717) is 0 Å². The van der Waals surface area contributed by atoms with Crippen LogP contribution in [0, 0.1) is 0 Å². The molecule has 10 aromatic rings. The Bertz CT molecular complexity index is 3250. The SMILES string of the molecule is c1ccc(N(c2ccc(-c3ccc4c(c3)c3ccccc3n4-c3ccccc3)cc2)c2ccc3c(c2)C24c5ccccc5-c5cccc(c52)-c2cccc-3c24)cc1. The molecule has 1 heterocycles. The van der Waals surface area contributed by atoms with E-state index in [4.69, 9.17) is 0 Å². The first-order chi connectivity index (χ1) is 28.3. The molecule has 264 valence electrons. The first-order valence-electron chi connectivity index (χ1n) is 19.9. The van der Waals surface area contributed by atoms with Crippen molar-refractivity contribution in [2.45, 2.75) is 5.41 Å². The van der Waals surface area contributed by atoms with Gasteiger partial charge in [0, 0.05) is 33.5 Å². The van der Waals surface area contributed by atoms with Gasteiger partial charge in [0.2, 0.25) is 0 Å². The van der Waals surface area contributed by atoms with Crippen LogP contribution in [-0.2, 0) is 5.41 Å². The summed E-state index contributed by atoms with van der Waals surface area (Å²) in [4.78, 5) is 2.42. The molecule has 2 nitrogen and oxygen atoms in total. The molecule has 2 heteroatoms. The lowest BCUT2D eigenvalue weighted by molar-refractivity contribution is 0.818. The minimum atomic E-state index is -0.325. The van der Waals surface area contributed by atoms with E-state index >= 15 is 0 Å². The summed E-state index contributed by atoms with van der Waals surface area (Å²) in [6, 6.07) is 76.4. The zero-order valence-corrected chi connectivity index (χ0v) is 31.0. The van der Waals surface area contributed by atoms with Crippen LogP contribution in [0.1, 0.15) is 22.3 Å². The maximum Gasteiger partial charge on any atom is 0.0738 e. The van der Waals surface area contributed by atoms with E-state index in [9.17, 15) is 0 Å². The smallest absolute Gasteiger partial charge is 0.0738 e. The Morgan fingerprint density at radius 2 is 0.877 bits per heavy atom. The largest absolute Gasteiger partial charge is 0.310 e. The van der Waals surface area contributed by atoms with E-state index < -0.39 is 0 Å². The molecule has 3 aliphatic carbocycles. The van der Waals surface area contributed by atoms with Gasteiger partial charge in [-0.3, -0.25) is 0 Å². The van der Waals surface area contributed by atoms with E-state index in [1.54, 1.807) is 0 Å². The fourth-order valence-corrected chi connectivity index (χ4v) is 10.7. The average molecular weight is 723 g/mol. The molecule has 0 saturated carbocycles. The Labute approximate surface area is 331 Å². The predicted octanol–water partition coefficient (Wildman–Crippen LogP) is 14.2. The van der Waals surface area contributed by atoms with Crippen LogP contribution in [0.25, 0.3) is 72.0 Å². The molecule has 0 radical (unpaired) electrons. The third kappa shape index (κ3) is 3.99. The van der Waals surface area contributed by atoms with Crippen LogP contribution in [0.15, 0.2) is 206 Å². The number of para-hydroxylation sites is 3. The molecule has 0 saturated heterocycles. The van der Waals surface area contributed by atoms with Gasteiger partial charge >= 0.3 is 0 Å². The van der Waals surface area contributed by atoms with E-state index in [-0.39, 0.29) is 5.41 Å². The summed E-state index contributed by atoms with van der Waals surface area (Å²) < 4.78 is 2.37. The molecule has 3 aliphatic rings. The maximum atomic E-state index is 2.49. The fourth-order valence-electron chi connectivity index (χ4n) is 10.7. The Morgan fingerprint density at radius 3 is 1.63 bits per heavy atom. The summed E-state index contributed by atoms with van der Waals surface area (Å²) >= 11 is 0. The van der Waals surface area contributed by atoms with Crippen molar-refractivity contribution >= 4 is 38.9 Å². The molecular formula is C55H34N2. The molecule has 9 aromatic carbocycles. The molecule has 1 aromatic heterocycles. The van der Waals surface area contributed by atoms with Crippen LogP contribution >= 0.6 is 0 Å². The Hall–Kier alpha value is -7.42. The fraction of sp³-hybridized carbons (Fsp3) is 0.0182. The van der Waals surface area contributed by atoms with Gasteiger partial charge in [0.25, 0.3) is 0 Å². The van der Waals surface area contributed by atoms with Crippen LogP contribution in [0.3, 0.4) is 0 Å². The third-order valence-electron chi connectivity index (χ3n) is 12.9. The van der Waals surface area contributed by atoms with Crippen LogP contribution in [-0.4, -0.2) is 4.57 Å². The second-order valence-electron chi connectivity index (χ2n) is 15.6. The number of hydrogen-bond acceptors (Lipinski definition) is 1. The highest BCUT2D eigenvalue weighted by molar-refractivity contribution is 6.11. The van der Waals surface area contributed by atoms with Crippen molar-refractivity contribution in [2.75, 3.05) is 4.90 Å². The van der Waals surface area contributed by atoms with Gasteiger partial charge in [0.05, 0.1) is 16.4 Å². The quantitative estimate of drug-likeness (QED) is 0.172. The number of benzene rings is 9. The number of hydrogen-bond donors (Lipinski definition) is 0.